The SMILES string of the molecule is C=CC(CCc1ccccc1)OC(C)=O. The molecule has 0 aromatic heterocycles. The van der Waals surface area contributed by atoms with Crippen molar-refractivity contribution in [1.82, 2.24) is 0 Å². The van der Waals surface area contributed by atoms with Gasteiger partial charge in [0.15, 0.2) is 0 Å². The van der Waals surface area contributed by atoms with Gasteiger partial charge in [-0.15, -0.1) is 0 Å². The number of carbonyl (C=O) groups excluding carboxylic acids is 1. The Bertz CT molecular complexity index is 317. The number of ether oxygens (including phenoxy) is 1. The summed E-state index contributed by atoms with van der Waals surface area (Å²) in [7, 11) is 0. The first-order valence-corrected chi connectivity index (χ1v) is 5.06. The fourth-order valence-corrected chi connectivity index (χ4v) is 1.39. The second-order valence-corrected chi connectivity index (χ2v) is 3.41. The van der Waals surface area contributed by atoms with Crippen molar-refractivity contribution in [3.63, 3.8) is 0 Å². The van der Waals surface area contributed by atoms with Crippen LogP contribution in [0.5, 0.6) is 0 Å². The van der Waals surface area contributed by atoms with Crippen LogP contribution in [0.2, 0.25) is 0 Å². The van der Waals surface area contributed by atoms with Gasteiger partial charge in [-0.25, -0.2) is 0 Å². The predicted octanol–water partition coefficient (Wildman–Crippen LogP) is 2.74. The zero-order chi connectivity index (χ0) is 11.1. The van der Waals surface area contributed by atoms with Crippen molar-refractivity contribution in [2.45, 2.75) is 25.9 Å². The topological polar surface area (TPSA) is 26.3 Å². The van der Waals surface area contributed by atoms with Gasteiger partial charge in [0, 0.05) is 6.92 Å². The van der Waals surface area contributed by atoms with Gasteiger partial charge in [-0.1, -0.05) is 43.0 Å². The summed E-state index contributed by atoms with van der Waals surface area (Å²) in [6.45, 7) is 5.06. The molecule has 15 heavy (non-hydrogen) atoms. The molecule has 0 amide bonds. The van der Waals surface area contributed by atoms with Crippen molar-refractivity contribution in [1.29, 1.82) is 0 Å². The van der Waals surface area contributed by atoms with Crippen LogP contribution in [0, 0.1) is 0 Å². The molecule has 0 aliphatic carbocycles. The van der Waals surface area contributed by atoms with E-state index in [4.69, 9.17) is 4.74 Å². The third-order valence-corrected chi connectivity index (χ3v) is 2.14. The first-order chi connectivity index (χ1) is 7.22. The maximum Gasteiger partial charge on any atom is 0.303 e. The first kappa shape index (κ1) is 11.5. The molecule has 0 spiro atoms. The molecule has 0 N–H and O–H groups in total. The van der Waals surface area contributed by atoms with E-state index in [0.29, 0.717) is 0 Å². The van der Waals surface area contributed by atoms with Gasteiger partial charge in [0.2, 0.25) is 0 Å². The van der Waals surface area contributed by atoms with Gasteiger partial charge in [-0.3, -0.25) is 4.79 Å². The molecule has 1 aromatic rings. The average Bonchev–Trinajstić information content (AvgIpc) is 2.25. The van der Waals surface area contributed by atoms with Crippen LogP contribution in [0.25, 0.3) is 0 Å². The highest BCUT2D eigenvalue weighted by atomic mass is 16.5. The fourth-order valence-electron chi connectivity index (χ4n) is 1.39. The van der Waals surface area contributed by atoms with Gasteiger partial charge in [0.05, 0.1) is 0 Å². The Balaban J connectivity index is 2.41. The van der Waals surface area contributed by atoms with Crippen molar-refractivity contribution >= 4 is 5.97 Å². The van der Waals surface area contributed by atoms with Crippen LogP contribution in [0.3, 0.4) is 0 Å². The molecule has 2 heteroatoms. The Kier molecular flexibility index (Phi) is 4.61. The number of hydrogen-bond donors (Lipinski definition) is 0. The van der Waals surface area contributed by atoms with Crippen molar-refractivity contribution < 1.29 is 9.53 Å². The smallest absolute Gasteiger partial charge is 0.303 e. The van der Waals surface area contributed by atoms with E-state index in [1.54, 1.807) is 6.08 Å². The standard InChI is InChI=1S/C13H16O2/c1-3-13(15-11(2)14)10-9-12-7-5-4-6-8-12/h3-8,13H,1,9-10H2,2H3. The van der Waals surface area contributed by atoms with E-state index < -0.39 is 0 Å². The third kappa shape index (κ3) is 4.45. The molecule has 0 aliphatic rings. The molecule has 0 radical (unpaired) electrons. The Morgan fingerprint density at radius 2 is 2.13 bits per heavy atom. The average molecular weight is 204 g/mol. The Labute approximate surface area is 90.6 Å². The highest BCUT2D eigenvalue weighted by Crippen LogP contribution is 2.08. The van der Waals surface area contributed by atoms with E-state index in [1.165, 1.54) is 12.5 Å². The third-order valence-electron chi connectivity index (χ3n) is 2.14. The molecule has 1 unspecified atom stereocenters. The van der Waals surface area contributed by atoms with Crippen LogP contribution in [0.15, 0.2) is 43.0 Å². The van der Waals surface area contributed by atoms with Crippen LogP contribution in [0.1, 0.15) is 18.9 Å². The number of rotatable bonds is 5. The minimum absolute atomic E-state index is 0.178. The molecule has 1 atom stereocenters. The molecule has 0 heterocycles. The van der Waals surface area contributed by atoms with Crippen molar-refractivity contribution in [2.24, 2.45) is 0 Å². The van der Waals surface area contributed by atoms with Crippen LogP contribution in [0.4, 0.5) is 0 Å². The van der Waals surface area contributed by atoms with E-state index in [1.807, 2.05) is 18.2 Å². The minimum Gasteiger partial charge on any atom is -0.458 e. The summed E-state index contributed by atoms with van der Waals surface area (Å²) in [6.07, 6.45) is 3.17. The molecule has 0 saturated carbocycles. The van der Waals surface area contributed by atoms with Crippen LogP contribution in [-0.2, 0) is 16.0 Å². The second-order valence-electron chi connectivity index (χ2n) is 3.41. The lowest BCUT2D eigenvalue weighted by Gasteiger charge is -2.12. The number of esters is 1. The largest absolute Gasteiger partial charge is 0.458 e. The quantitative estimate of drug-likeness (QED) is 0.544. The van der Waals surface area contributed by atoms with Crippen LogP contribution >= 0.6 is 0 Å². The highest BCUT2D eigenvalue weighted by molar-refractivity contribution is 5.66. The molecule has 1 rings (SSSR count). The van der Waals surface area contributed by atoms with E-state index >= 15 is 0 Å². The zero-order valence-electron chi connectivity index (χ0n) is 8.98. The van der Waals surface area contributed by atoms with Crippen LogP contribution < -0.4 is 0 Å². The predicted molar refractivity (Wildman–Crippen MR) is 60.5 cm³/mol. The van der Waals surface area contributed by atoms with Gasteiger partial charge in [0.1, 0.15) is 6.10 Å². The molecule has 1 aromatic carbocycles. The van der Waals surface area contributed by atoms with E-state index in [2.05, 4.69) is 18.7 Å². The summed E-state index contributed by atoms with van der Waals surface area (Å²) in [6, 6.07) is 10.1. The van der Waals surface area contributed by atoms with Gasteiger partial charge in [-0.05, 0) is 18.4 Å². The molecule has 80 valence electrons. The Hall–Kier alpha value is -1.57. The lowest BCUT2D eigenvalue weighted by molar-refractivity contribution is -0.144. The summed E-state index contributed by atoms with van der Waals surface area (Å²) >= 11 is 0. The molecule has 0 fully saturated rings. The maximum atomic E-state index is 10.8. The molecule has 2 nitrogen and oxygen atoms in total. The lowest BCUT2D eigenvalue weighted by Crippen LogP contribution is -2.14. The Morgan fingerprint density at radius 3 is 2.67 bits per heavy atom. The molecule has 0 saturated heterocycles. The summed E-state index contributed by atoms with van der Waals surface area (Å²) in [5.41, 5.74) is 1.25. The summed E-state index contributed by atoms with van der Waals surface area (Å²) in [5.74, 6) is -0.257. The van der Waals surface area contributed by atoms with Crippen molar-refractivity contribution in [3.05, 3.63) is 48.6 Å². The molecule has 0 bridgehead atoms. The van der Waals surface area contributed by atoms with Gasteiger partial charge < -0.3 is 4.74 Å². The molecular weight excluding hydrogens is 188 g/mol. The normalized spacial score (nSPS) is 11.8. The van der Waals surface area contributed by atoms with E-state index in [9.17, 15) is 4.79 Å². The van der Waals surface area contributed by atoms with E-state index in [0.717, 1.165) is 12.8 Å². The number of hydrogen-bond acceptors (Lipinski definition) is 2. The number of benzene rings is 1. The zero-order valence-corrected chi connectivity index (χ0v) is 8.98. The van der Waals surface area contributed by atoms with Crippen LogP contribution in [-0.4, -0.2) is 12.1 Å². The highest BCUT2D eigenvalue weighted by Gasteiger charge is 2.07. The maximum absolute atomic E-state index is 10.8. The molecular formula is C13H16O2. The fraction of sp³-hybridized carbons (Fsp3) is 0.308. The van der Waals surface area contributed by atoms with E-state index in [-0.39, 0.29) is 12.1 Å². The van der Waals surface area contributed by atoms with Crippen molar-refractivity contribution in [3.8, 4) is 0 Å². The lowest BCUT2D eigenvalue weighted by atomic mass is 10.1. The molecule has 0 aliphatic heterocycles. The first-order valence-electron chi connectivity index (χ1n) is 5.06. The summed E-state index contributed by atoms with van der Waals surface area (Å²) in [4.78, 5) is 10.8. The van der Waals surface area contributed by atoms with Gasteiger partial charge >= 0.3 is 5.97 Å². The van der Waals surface area contributed by atoms with Crippen molar-refractivity contribution in [2.75, 3.05) is 0 Å². The monoisotopic (exact) mass is 204 g/mol. The summed E-state index contributed by atoms with van der Waals surface area (Å²) < 4.78 is 5.06. The van der Waals surface area contributed by atoms with Gasteiger partial charge in [-0.2, -0.15) is 0 Å². The Morgan fingerprint density at radius 1 is 1.47 bits per heavy atom. The number of aryl methyl sites for hydroxylation is 1. The number of carbonyl (C=O) groups is 1. The second kappa shape index (κ2) is 6.02. The minimum atomic E-state index is -0.257. The summed E-state index contributed by atoms with van der Waals surface area (Å²) in [5, 5.41) is 0. The van der Waals surface area contributed by atoms with Gasteiger partial charge in [0.25, 0.3) is 0 Å².